The van der Waals surface area contributed by atoms with Gasteiger partial charge < -0.3 is 10.1 Å². The summed E-state index contributed by atoms with van der Waals surface area (Å²) >= 11 is 0. The molecule has 0 atom stereocenters. The van der Waals surface area contributed by atoms with Crippen LogP contribution in [0.5, 0.6) is 5.75 Å². The zero-order valence-corrected chi connectivity index (χ0v) is 12.5. The first-order valence-corrected chi connectivity index (χ1v) is 7.68. The maximum absolute atomic E-state index is 5.80. The molecule has 0 fully saturated rings. The minimum atomic E-state index is 0.765. The average molecular weight is 274 g/mol. The molecule has 0 unspecified atom stereocenters. The third kappa shape index (κ3) is 5.35. The normalized spacial score (nSPS) is 15.4. The van der Waals surface area contributed by atoms with Crippen LogP contribution in [0.25, 0.3) is 0 Å². The van der Waals surface area contributed by atoms with Gasteiger partial charge in [0, 0.05) is 26.2 Å². The lowest BCUT2D eigenvalue weighted by atomic mass is 10.2. The molecule has 0 spiro atoms. The monoisotopic (exact) mass is 274 g/mol. The van der Waals surface area contributed by atoms with Gasteiger partial charge in [0.25, 0.3) is 0 Å². The average Bonchev–Trinajstić information content (AvgIpc) is 2.50. The summed E-state index contributed by atoms with van der Waals surface area (Å²) < 4.78 is 5.80. The Kier molecular flexibility index (Phi) is 6.61. The molecule has 1 heterocycles. The van der Waals surface area contributed by atoms with Crippen LogP contribution >= 0.6 is 0 Å². The molecule has 3 heteroatoms. The molecular formula is C17H26N2O. The van der Waals surface area contributed by atoms with Crippen molar-refractivity contribution < 1.29 is 4.74 Å². The molecule has 0 saturated heterocycles. The Labute approximate surface area is 122 Å². The number of nitrogens with zero attached hydrogens (tertiary/aromatic N) is 1. The highest BCUT2D eigenvalue weighted by atomic mass is 16.5. The van der Waals surface area contributed by atoms with Crippen LogP contribution < -0.4 is 10.1 Å². The van der Waals surface area contributed by atoms with E-state index in [1.54, 1.807) is 0 Å². The van der Waals surface area contributed by atoms with Crippen molar-refractivity contribution in [3.8, 4) is 5.75 Å². The van der Waals surface area contributed by atoms with E-state index in [0.717, 1.165) is 45.1 Å². The van der Waals surface area contributed by atoms with E-state index in [-0.39, 0.29) is 0 Å². The molecule has 1 aromatic rings. The van der Waals surface area contributed by atoms with Gasteiger partial charge in [-0.3, -0.25) is 4.90 Å². The van der Waals surface area contributed by atoms with Crippen LogP contribution in [0.1, 0.15) is 25.3 Å². The van der Waals surface area contributed by atoms with Gasteiger partial charge in [-0.05, 0) is 37.1 Å². The molecule has 0 aromatic heterocycles. The topological polar surface area (TPSA) is 24.5 Å². The summed E-state index contributed by atoms with van der Waals surface area (Å²) in [6.07, 6.45) is 6.83. The van der Waals surface area contributed by atoms with E-state index >= 15 is 0 Å². The molecule has 0 bridgehead atoms. The molecule has 110 valence electrons. The summed E-state index contributed by atoms with van der Waals surface area (Å²) in [5.41, 5.74) is 1.31. The molecule has 0 amide bonds. The quantitative estimate of drug-likeness (QED) is 0.583. The molecule has 1 N–H and O–H groups in total. The zero-order chi connectivity index (χ0) is 14.0. The minimum Gasteiger partial charge on any atom is -0.492 e. The van der Waals surface area contributed by atoms with E-state index in [0.29, 0.717) is 0 Å². The largest absolute Gasteiger partial charge is 0.492 e. The first-order valence-electron chi connectivity index (χ1n) is 7.68. The molecule has 20 heavy (non-hydrogen) atoms. The van der Waals surface area contributed by atoms with Gasteiger partial charge in [0.2, 0.25) is 0 Å². The van der Waals surface area contributed by atoms with E-state index in [1.807, 2.05) is 0 Å². The molecule has 1 aromatic carbocycles. The fourth-order valence-corrected chi connectivity index (χ4v) is 2.30. The Morgan fingerprint density at radius 2 is 2.05 bits per heavy atom. The highest BCUT2D eigenvalue weighted by molar-refractivity contribution is 5.27. The van der Waals surface area contributed by atoms with Gasteiger partial charge in [0.05, 0.1) is 0 Å². The van der Waals surface area contributed by atoms with Crippen LogP contribution in [0.4, 0.5) is 0 Å². The summed E-state index contributed by atoms with van der Waals surface area (Å²) in [5.74, 6) is 0.969. The molecule has 0 aliphatic carbocycles. The Morgan fingerprint density at radius 3 is 2.75 bits per heavy atom. The third-order valence-electron chi connectivity index (χ3n) is 3.50. The van der Waals surface area contributed by atoms with Crippen LogP contribution in [0.2, 0.25) is 0 Å². The van der Waals surface area contributed by atoms with Crippen molar-refractivity contribution in [2.75, 3.05) is 32.8 Å². The fraction of sp³-hybridized carbons (Fsp3) is 0.529. The molecule has 1 aliphatic heterocycles. The van der Waals surface area contributed by atoms with E-state index < -0.39 is 0 Å². The number of ether oxygens (including phenoxy) is 1. The van der Waals surface area contributed by atoms with Gasteiger partial charge in [0.1, 0.15) is 12.4 Å². The molecule has 3 nitrogen and oxygen atoms in total. The van der Waals surface area contributed by atoms with E-state index in [1.165, 1.54) is 18.4 Å². The lowest BCUT2D eigenvalue weighted by molar-refractivity contribution is 0.221. The second-order valence-corrected chi connectivity index (χ2v) is 5.23. The minimum absolute atomic E-state index is 0.765. The molecule has 2 rings (SSSR count). The lowest BCUT2D eigenvalue weighted by Gasteiger charge is -2.22. The second kappa shape index (κ2) is 8.77. The SMILES string of the molecule is CCCNCc1ccc(OCCN2CC=CCC2)cc1. The van der Waals surface area contributed by atoms with Crippen molar-refractivity contribution in [3.05, 3.63) is 42.0 Å². The van der Waals surface area contributed by atoms with Crippen molar-refractivity contribution in [1.82, 2.24) is 10.2 Å². The third-order valence-corrected chi connectivity index (χ3v) is 3.50. The van der Waals surface area contributed by atoms with Crippen molar-refractivity contribution in [2.24, 2.45) is 0 Å². The lowest BCUT2D eigenvalue weighted by Crippen LogP contribution is -2.31. The van der Waals surface area contributed by atoms with Crippen LogP contribution in [0.15, 0.2) is 36.4 Å². The summed E-state index contributed by atoms with van der Waals surface area (Å²) in [6.45, 7) is 8.18. The van der Waals surface area contributed by atoms with Crippen LogP contribution in [0.3, 0.4) is 0 Å². The van der Waals surface area contributed by atoms with Crippen molar-refractivity contribution >= 4 is 0 Å². The molecule has 0 saturated carbocycles. The van der Waals surface area contributed by atoms with E-state index in [9.17, 15) is 0 Å². The van der Waals surface area contributed by atoms with Crippen molar-refractivity contribution in [2.45, 2.75) is 26.3 Å². The highest BCUT2D eigenvalue weighted by Crippen LogP contribution is 2.12. The maximum Gasteiger partial charge on any atom is 0.119 e. The van der Waals surface area contributed by atoms with Crippen LogP contribution in [-0.4, -0.2) is 37.7 Å². The van der Waals surface area contributed by atoms with Gasteiger partial charge in [-0.25, -0.2) is 0 Å². The number of nitrogens with one attached hydrogen (secondary N) is 1. The first kappa shape index (κ1) is 15.1. The Hall–Kier alpha value is -1.32. The summed E-state index contributed by atoms with van der Waals surface area (Å²) in [7, 11) is 0. The summed E-state index contributed by atoms with van der Waals surface area (Å²) in [5, 5.41) is 3.40. The van der Waals surface area contributed by atoms with Crippen molar-refractivity contribution in [3.63, 3.8) is 0 Å². The molecular weight excluding hydrogens is 248 g/mol. The van der Waals surface area contributed by atoms with Crippen LogP contribution in [-0.2, 0) is 6.54 Å². The molecule has 0 radical (unpaired) electrons. The maximum atomic E-state index is 5.80. The summed E-state index contributed by atoms with van der Waals surface area (Å²) in [4.78, 5) is 2.42. The second-order valence-electron chi connectivity index (χ2n) is 5.23. The Morgan fingerprint density at radius 1 is 1.20 bits per heavy atom. The summed E-state index contributed by atoms with van der Waals surface area (Å²) in [6, 6.07) is 8.42. The zero-order valence-electron chi connectivity index (χ0n) is 12.5. The van der Waals surface area contributed by atoms with E-state index in [2.05, 4.69) is 53.6 Å². The molecule has 1 aliphatic rings. The van der Waals surface area contributed by atoms with Gasteiger partial charge in [-0.15, -0.1) is 0 Å². The number of rotatable bonds is 8. The fourth-order valence-electron chi connectivity index (χ4n) is 2.30. The standard InChI is InChI=1S/C17H26N2O/c1-2-10-18-15-16-6-8-17(9-7-16)20-14-13-19-11-4-3-5-12-19/h3-4,6-9,18H,2,5,10-15H2,1H3. The number of hydrogen-bond donors (Lipinski definition) is 1. The van der Waals surface area contributed by atoms with Gasteiger partial charge in [-0.2, -0.15) is 0 Å². The van der Waals surface area contributed by atoms with Gasteiger partial charge >= 0.3 is 0 Å². The smallest absolute Gasteiger partial charge is 0.119 e. The predicted molar refractivity (Wildman–Crippen MR) is 84.1 cm³/mol. The first-order chi connectivity index (χ1) is 9.88. The Bertz CT molecular complexity index is 400. The van der Waals surface area contributed by atoms with E-state index in [4.69, 9.17) is 4.74 Å². The Balaban J connectivity index is 1.66. The predicted octanol–water partition coefficient (Wildman–Crippen LogP) is 2.83. The van der Waals surface area contributed by atoms with Crippen LogP contribution in [0, 0.1) is 0 Å². The van der Waals surface area contributed by atoms with Gasteiger partial charge in [-0.1, -0.05) is 31.2 Å². The van der Waals surface area contributed by atoms with Crippen molar-refractivity contribution in [1.29, 1.82) is 0 Å². The number of benzene rings is 1. The van der Waals surface area contributed by atoms with Gasteiger partial charge in [0.15, 0.2) is 0 Å². The number of hydrogen-bond acceptors (Lipinski definition) is 3. The highest BCUT2D eigenvalue weighted by Gasteiger charge is 2.05.